The van der Waals surface area contributed by atoms with E-state index in [1.54, 1.807) is 13.8 Å². The lowest BCUT2D eigenvalue weighted by Gasteiger charge is -2.46. The first-order chi connectivity index (χ1) is 10.8. The summed E-state index contributed by atoms with van der Waals surface area (Å²) in [7, 11) is 0. The molecule has 0 bridgehead atoms. The molecule has 0 radical (unpaired) electrons. The van der Waals surface area contributed by atoms with Gasteiger partial charge in [0.2, 0.25) is 0 Å². The van der Waals surface area contributed by atoms with Crippen LogP contribution in [0.4, 0.5) is 0 Å². The van der Waals surface area contributed by atoms with Gasteiger partial charge in [0.05, 0.1) is 24.9 Å². The van der Waals surface area contributed by atoms with E-state index in [1.807, 2.05) is 6.92 Å². The van der Waals surface area contributed by atoms with Gasteiger partial charge >= 0.3 is 0 Å². The maximum atomic E-state index is 10.3. The molecule has 2 rings (SSSR count). The summed E-state index contributed by atoms with van der Waals surface area (Å²) >= 11 is 0. The molecule has 23 heavy (non-hydrogen) atoms. The minimum Gasteiger partial charge on any atom is -0.394 e. The number of ether oxygens (including phenoxy) is 3. The summed E-state index contributed by atoms with van der Waals surface area (Å²) in [5.74, 6) is -0.475. The first kappa shape index (κ1) is 19.0. The van der Waals surface area contributed by atoms with Crippen molar-refractivity contribution in [3.63, 3.8) is 0 Å². The number of hydrogen-bond donors (Lipinski definition) is 5. The third-order valence-electron chi connectivity index (χ3n) is 4.84. The summed E-state index contributed by atoms with van der Waals surface area (Å²) in [6, 6.07) is 0. The van der Waals surface area contributed by atoms with E-state index in [0.29, 0.717) is 6.42 Å². The third kappa shape index (κ3) is 3.69. The number of aliphatic hydroxyl groups excluding tert-OH is 5. The van der Waals surface area contributed by atoms with E-state index in [4.69, 9.17) is 14.2 Å². The van der Waals surface area contributed by atoms with Crippen LogP contribution in [0.5, 0.6) is 0 Å². The van der Waals surface area contributed by atoms with Gasteiger partial charge in [-0.1, -0.05) is 13.8 Å². The Morgan fingerprint density at radius 3 is 2.09 bits per heavy atom. The predicted molar refractivity (Wildman–Crippen MR) is 78.4 cm³/mol. The van der Waals surface area contributed by atoms with Crippen molar-refractivity contribution in [2.75, 3.05) is 6.61 Å². The second kappa shape index (κ2) is 7.71. The lowest BCUT2D eigenvalue weighted by Crippen LogP contribution is -2.62. The summed E-state index contributed by atoms with van der Waals surface area (Å²) in [6.07, 6.45) is -7.98. The molecule has 0 aromatic carbocycles. The third-order valence-corrected chi connectivity index (χ3v) is 4.84. The summed E-state index contributed by atoms with van der Waals surface area (Å²) in [5.41, 5.74) is 0. The van der Waals surface area contributed by atoms with Crippen LogP contribution < -0.4 is 0 Å². The quantitative estimate of drug-likeness (QED) is 0.414. The molecule has 2 fully saturated rings. The van der Waals surface area contributed by atoms with Gasteiger partial charge in [0.15, 0.2) is 6.29 Å². The van der Waals surface area contributed by atoms with Gasteiger partial charge in [-0.25, -0.2) is 0 Å². The molecule has 0 aromatic heterocycles. The largest absolute Gasteiger partial charge is 0.394 e. The van der Waals surface area contributed by atoms with Gasteiger partial charge in [0.1, 0.15) is 30.5 Å². The molecule has 5 unspecified atom stereocenters. The molecule has 0 spiro atoms. The molecule has 0 saturated carbocycles. The molecule has 136 valence electrons. The Kier molecular flexibility index (Phi) is 6.37. The highest BCUT2D eigenvalue weighted by atomic mass is 16.7. The number of hydrogen-bond acceptors (Lipinski definition) is 8. The van der Waals surface area contributed by atoms with Crippen LogP contribution in [0.2, 0.25) is 0 Å². The van der Waals surface area contributed by atoms with E-state index >= 15 is 0 Å². The fourth-order valence-electron chi connectivity index (χ4n) is 3.17. The smallest absolute Gasteiger partial charge is 0.184 e. The molecule has 2 aliphatic heterocycles. The van der Waals surface area contributed by atoms with E-state index in [0.717, 1.165) is 0 Å². The Morgan fingerprint density at radius 2 is 1.52 bits per heavy atom. The number of rotatable bonds is 4. The highest BCUT2D eigenvalue weighted by molar-refractivity contribution is 4.93. The van der Waals surface area contributed by atoms with Gasteiger partial charge in [-0.05, 0) is 13.3 Å². The molecule has 2 aliphatic rings. The van der Waals surface area contributed by atoms with Crippen molar-refractivity contribution in [1.82, 2.24) is 0 Å². The molecule has 8 heteroatoms. The fraction of sp³-hybridized carbons (Fsp3) is 1.00. The monoisotopic (exact) mass is 336 g/mol. The van der Waals surface area contributed by atoms with Crippen molar-refractivity contribution in [3.05, 3.63) is 0 Å². The van der Waals surface area contributed by atoms with Crippen molar-refractivity contribution in [1.29, 1.82) is 0 Å². The van der Waals surface area contributed by atoms with Crippen LogP contribution in [0, 0.1) is 5.92 Å². The Hall–Kier alpha value is -0.320. The predicted octanol–water partition coefficient (Wildman–Crippen LogP) is -1.63. The van der Waals surface area contributed by atoms with Gasteiger partial charge < -0.3 is 39.7 Å². The molecule has 2 saturated heterocycles. The van der Waals surface area contributed by atoms with E-state index in [-0.39, 0.29) is 0 Å². The van der Waals surface area contributed by atoms with Crippen LogP contribution in [0.3, 0.4) is 0 Å². The minimum absolute atomic E-state index is 0.406. The molecule has 5 N–H and O–H groups in total. The molecule has 0 aliphatic carbocycles. The first-order valence-electron chi connectivity index (χ1n) is 8.11. The van der Waals surface area contributed by atoms with Crippen LogP contribution in [0.25, 0.3) is 0 Å². The maximum Gasteiger partial charge on any atom is 0.184 e. The number of aliphatic hydroxyl groups is 5. The highest BCUT2D eigenvalue weighted by Crippen LogP contribution is 2.31. The van der Waals surface area contributed by atoms with Crippen LogP contribution >= 0.6 is 0 Å². The SMILES string of the molecule is CCC1O[C@@H](O[C@@H]2C(CO)OC(C)C(O)[C@H]2O)C(O)[C@@H](C)[C@H]1O. The normalized spacial score (nSPS) is 51.7. The lowest BCUT2D eigenvalue weighted by atomic mass is 9.89. The van der Waals surface area contributed by atoms with Crippen LogP contribution in [-0.2, 0) is 14.2 Å². The van der Waals surface area contributed by atoms with Gasteiger partial charge in [0, 0.05) is 5.92 Å². The van der Waals surface area contributed by atoms with Crippen molar-refractivity contribution in [2.45, 2.75) is 82.3 Å². The fourth-order valence-corrected chi connectivity index (χ4v) is 3.17. The zero-order valence-corrected chi connectivity index (χ0v) is 13.6. The molecule has 8 nitrogen and oxygen atoms in total. The van der Waals surface area contributed by atoms with E-state index < -0.39 is 67.6 Å². The molecule has 2 heterocycles. The lowest BCUT2D eigenvalue weighted by molar-refractivity contribution is -0.332. The van der Waals surface area contributed by atoms with Gasteiger partial charge in [-0.15, -0.1) is 0 Å². The summed E-state index contributed by atoms with van der Waals surface area (Å²) in [5, 5.41) is 49.9. The second-order valence-corrected chi connectivity index (χ2v) is 6.44. The Balaban J connectivity index is 2.11. The highest BCUT2D eigenvalue weighted by Gasteiger charge is 2.48. The zero-order chi connectivity index (χ0) is 17.3. The van der Waals surface area contributed by atoms with Gasteiger partial charge in [-0.2, -0.15) is 0 Å². The Labute approximate surface area is 135 Å². The topological polar surface area (TPSA) is 129 Å². The van der Waals surface area contributed by atoms with Crippen LogP contribution in [0.15, 0.2) is 0 Å². The molecule has 10 atom stereocenters. The zero-order valence-electron chi connectivity index (χ0n) is 13.6. The van der Waals surface area contributed by atoms with E-state index in [1.165, 1.54) is 0 Å². The average Bonchev–Trinajstić information content (AvgIpc) is 2.55. The van der Waals surface area contributed by atoms with Crippen molar-refractivity contribution in [2.24, 2.45) is 5.92 Å². The van der Waals surface area contributed by atoms with Crippen molar-refractivity contribution < 1.29 is 39.7 Å². The van der Waals surface area contributed by atoms with Crippen LogP contribution in [-0.4, -0.2) is 87.3 Å². The Bertz CT molecular complexity index is 376. The first-order valence-corrected chi connectivity index (χ1v) is 8.11. The van der Waals surface area contributed by atoms with Gasteiger partial charge in [0.25, 0.3) is 0 Å². The Morgan fingerprint density at radius 1 is 0.870 bits per heavy atom. The molecular formula is C15H28O8. The van der Waals surface area contributed by atoms with E-state index in [9.17, 15) is 25.5 Å². The summed E-state index contributed by atoms with van der Waals surface area (Å²) < 4.78 is 16.7. The maximum absolute atomic E-state index is 10.3. The van der Waals surface area contributed by atoms with Crippen molar-refractivity contribution in [3.8, 4) is 0 Å². The molecular weight excluding hydrogens is 308 g/mol. The molecule has 0 amide bonds. The molecule has 0 aromatic rings. The second-order valence-electron chi connectivity index (χ2n) is 6.44. The summed E-state index contributed by atoms with van der Waals surface area (Å²) in [4.78, 5) is 0. The van der Waals surface area contributed by atoms with E-state index in [2.05, 4.69) is 0 Å². The van der Waals surface area contributed by atoms with Gasteiger partial charge in [-0.3, -0.25) is 0 Å². The van der Waals surface area contributed by atoms with Crippen LogP contribution in [0.1, 0.15) is 27.2 Å². The average molecular weight is 336 g/mol. The standard InChI is InChI=1S/C15H28O8/c1-4-8-10(17)6(2)11(18)15(22-8)23-14-9(5-16)21-7(3)12(19)13(14)20/h6-20H,4-5H2,1-3H3/t6-,7?,8?,9?,10+,11?,12?,13+,14+,15-/m0/s1. The minimum atomic E-state index is -1.28. The summed E-state index contributed by atoms with van der Waals surface area (Å²) in [6.45, 7) is 4.71. The van der Waals surface area contributed by atoms with Crippen molar-refractivity contribution >= 4 is 0 Å².